The van der Waals surface area contributed by atoms with Gasteiger partial charge in [0.15, 0.2) is 0 Å². The molecule has 2 aliphatic carbocycles. The Bertz CT molecular complexity index is 358. The van der Waals surface area contributed by atoms with Crippen molar-refractivity contribution in [3.05, 3.63) is 0 Å². The standard InChI is InChI=1S/C11H15NO5/c13-10-7-2-5-1-6(4-7)9(8(3-5)16-10)17-11(14)12-15/h5-9,15H,1-4H2,(H,12,14). The molecule has 6 nitrogen and oxygen atoms in total. The number of ether oxygens (including phenoxy) is 2. The number of hydrogen-bond acceptors (Lipinski definition) is 5. The molecule has 6 heteroatoms. The van der Waals surface area contributed by atoms with Gasteiger partial charge >= 0.3 is 12.1 Å². The third-order valence-corrected chi connectivity index (χ3v) is 4.17. The fraction of sp³-hybridized carbons (Fsp3) is 0.818. The molecule has 0 spiro atoms. The van der Waals surface area contributed by atoms with Crippen LogP contribution in [0.25, 0.3) is 0 Å². The van der Waals surface area contributed by atoms with Gasteiger partial charge in [-0.15, -0.1) is 0 Å². The van der Waals surface area contributed by atoms with Crippen molar-refractivity contribution in [3.8, 4) is 0 Å². The van der Waals surface area contributed by atoms with Crippen LogP contribution in [0, 0.1) is 17.8 Å². The summed E-state index contributed by atoms with van der Waals surface area (Å²) in [5, 5.41) is 8.48. The van der Waals surface area contributed by atoms with E-state index in [2.05, 4.69) is 0 Å². The van der Waals surface area contributed by atoms with Crippen molar-refractivity contribution in [2.24, 2.45) is 17.8 Å². The number of nitrogens with one attached hydrogen (secondary N) is 1. The molecule has 4 rings (SSSR count). The minimum Gasteiger partial charge on any atom is -0.458 e. The smallest absolute Gasteiger partial charge is 0.431 e. The third-order valence-electron chi connectivity index (χ3n) is 4.17. The monoisotopic (exact) mass is 241 g/mol. The van der Waals surface area contributed by atoms with E-state index < -0.39 is 12.2 Å². The van der Waals surface area contributed by atoms with Gasteiger partial charge < -0.3 is 9.47 Å². The molecule has 0 aromatic carbocycles. The fourth-order valence-corrected chi connectivity index (χ4v) is 3.59. The van der Waals surface area contributed by atoms with Gasteiger partial charge in [0, 0.05) is 5.92 Å². The highest BCUT2D eigenvalue weighted by atomic mass is 16.6. The number of carbonyl (C=O) groups is 2. The topological polar surface area (TPSA) is 84.9 Å². The Kier molecular flexibility index (Phi) is 2.47. The fourth-order valence-electron chi connectivity index (χ4n) is 3.59. The van der Waals surface area contributed by atoms with E-state index in [1.807, 2.05) is 0 Å². The van der Waals surface area contributed by atoms with Crippen LogP contribution >= 0.6 is 0 Å². The molecule has 0 radical (unpaired) electrons. The van der Waals surface area contributed by atoms with E-state index in [9.17, 15) is 9.59 Å². The Morgan fingerprint density at radius 1 is 1.35 bits per heavy atom. The van der Waals surface area contributed by atoms with Crippen LogP contribution in [-0.4, -0.2) is 29.5 Å². The maximum absolute atomic E-state index is 11.7. The van der Waals surface area contributed by atoms with Crippen molar-refractivity contribution < 1.29 is 24.3 Å². The lowest BCUT2D eigenvalue weighted by atomic mass is 9.67. The van der Waals surface area contributed by atoms with Gasteiger partial charge in [-0.3, -0.25) is 10.0 Å². The summed E-state index contributed by atoms with van der Waals surface area (Å²) in [6.45, 7) is 0. The molecule has 2 N–H and O–H groups in total. The van der Waals surface area contributed by atoms with Crippen LogP contribution < -0.4 is 5.48 Å². The van der Waals surface area contributed by atoms with E-state index in [0.717, 1.165) is 25.7 Å². The molecular formula is C11H15NO5. The summed E-state index contributed by atoms with van der Waals surface area (Å²) in [6, 6.07) is 0. The second kappa shape index (κ2) is 3.87. The number of hydroxylamine groups is 1. The first kappa shape index (κ1) is 10.8. The van der Waals surface area contributed by atoms with Gasteiger partial charge in [-0.25, -0.2) is 10.3 Å². The summed E-state index contributed by atoms with van der Waals surface area (Å²) in [4.78, 5) is 22.8. The predicted octanol–water partition coefficient (Wildman–Crippen LogP) is 0.832. The summed E-state index contributed by atoms with van der Waals surface area (Å²) in [7, 11) is 0. The van der Waals surface area contributed by atoms with Crippen molar-refractivity contribution in [1.29, 1.82) is 0 Å². The Morgan fingerprint density at radius 3 is 2.94 bits per heavy atom. The van der Waals surface area contributed by atoms with Crippen LogP contribution in [0.4, 0.5) is 4.79 Å². The molecule has 2 aliphatic heterocycles. The van der Waals surface area contributed by atoms with Crippen LogP contribution in [0.5, 0.6) is 0 Å². The predicted molar refractivity (Wildman–Crippen MR) is 54.0 cm³/mol. The second-order valence-corrected chi connectivity index (χ2v) is 5.22. The normalized spacial score (nSPS) is 42.9. The van der Waals surface area contributed by atoms with Crippen molar-refractivity contribution in [2.75, 3.05) is 0 Å². The minimum atomic E-state index is -0.876. The molecule has 0 aromatic heterocycles. The first-order valence-corrected chi connectivity index (χ1v) is 5.98. The van der Waals surface area contributed by atoms with E-state index >= 15 is 0 Å². The van der Waals surface area contributed by atoms with Crippen molar-refractivity contribution >= 4 is 12.1 Å². The molecule has 5 unspecified atom stereocenters. The Balaban J connectivity index is 1.82. The van der Waals surface area contributed by atoms with E-state index in [1.165, 1.54) is 5.48 Å². The number of amides is 1. The van der Waals surface area contributed by atoms with Gasteiger partial charge in [-0.05, 0) is 31.6 Å². The zero-order chi connectivity index (χ0) is 12.0. The number of carbonyl (C=O) groups excluding carboxylic acids is 2. The number of esters is 1. The van der Waals surface area contributed by atoms with Crippen LogP contribution in [0.3, 0.4) is 0 Å². The first-order valence-electron chi connectivity index (χ1n) is 5.98. The molecule has 94 valence electrons. The highest BCUT2D eigenvalue weighted by Crippen LogP contribution is 2.48. The maximum atomic E-state index is 11.7. The average molecular weight is 241 g/mol. The van der Waals surface area contributed by atoms with E-state index in [0.29, 0.717) is 5.92 Å². The van der Waals surface area contributed by atoms with Gasteiger partial charge in [-0.2, -0.15) is 0 Å². The van der Waals surface area contributed by atoms with Crippen LogP contribution in [-0.2, 0) is 14.3 Å². The molecule has 4 bridgehead atoms. The molecule has 2 saturated heterocycles. The van der Waals surface area contributed by atoms with Gasteiger partial charge in [0.25, 0.3) is 0 Å². The lowest BCUT2D eigenvalue weighted by Crippen LogP contribution is -2.46. The molecule has 4 aliphatic rings. The zero-order valence-corrected chi connectivity index (χ0v) is 9.30. The lowest BCUT2D eigenvalue weighted by molar-refractivity contribution is -0.156. The van der Waals surface area contributed by atoms with E-state index in [4.69, 9.17) is 14.7 Å². The van der Waals surface area contributed by atoms with Gasteiger partial charge in [0.1, 0.15) is 12.2 Å². The van der Waals surface area contributed by atoms with Gasteiger partial charge in [0.05, 0.1) is 5.92 Å². The molecule has 0 aromatic rings. The SMILES string of the molecule is O=C(NO)OC1C2CC3CC(C2)C(=O)OC1C3. The third kappa shape index (κ3) is 1.76. The van der Waals surface area contributed by atoms with E-state index in [1.54, 1.807) is 0 Å². The van der Waals surface area contributed by atoms with Crippen molar-refractivity contribution in [2.45, 2.75) is 37.9 Å². The summed E-state index contributed by atoms with van der Waals surface area (Å²) in [6.07, 6.45) is 1.76. The van der Waals surface area contributed by atoms with Crippen molar-refractivity contribution in [3.63, 3.8) is 0 Å². The average Bonchev–Trinajstić information content (AvgIpc) is 2.47. The highest BCUT2D eigenvalue weighted by molar-refractivity contribution is 5.74. The molecule has 4 fully saturated rings. The van der Waals surface area contributed by atoms with Gasteiger partial charge in [-0.1, -0.05) is 0 Å². The molecule has 5 atom stereocenters. The summed E-state index contributed by atoms with van der Waals surface area (Å²) < 4.78 is 10.5. The molecule has 2 heterocycles. The Morgan fingerprint density at radius 2 is 2.18 bits per heavy atom. The summed E-state index contributed by atoms with van der Waals surface area (Å²) in [5.74, 6) is 0.501. The number of rotatable bonds is 1. The quantitative estimate of drug-likeness (QED) is 0.403. The second-order valence-electron chi connectivity index (χ2n) is 5.22. The van der Waals surface area contributed by atoms with E-state index in [-0.39, 0.29) is 23.9 Å². The minimum absolute atomic E-state index is 0.0328. The number of hydrogen-bond donors (Lipinski definition) is 2. The Hall–Kier alpha value is -1.30. The van der Waals surface area contributed by atoms with Gasteiger partial charge in [0.2, 0.25) is 0 Å². The number of fused-ring (bicyclic) bond motifs is 1. The highest BCUT2D eigenvalue weighted by Gasteiger charge is 2.51. The largest absolute Gasteiger partial charge is 0.458 e. The molecule has 2 saturated carbocycles. The summed E-state index contributed by atoms with van der Waals surface area (Å²) in [5.41, 5.74) is 1.45. The maximum Gasteiger partial charge on any atom is 0.431 e. The summed E-state index contributed by atoms with van der Waals surface area (Å²) >= 11 is 0. The van der Waals surface area contributed by atoms with Crippen LogP contribution in [0.15, 0.2) is 0 Å². The molecule has 17 heavy (non-hydrogen) atoms. The molecule has 1 amide bonds. The van der Waals surface area contributed by atoms with Crippen LogP contribution in [0.1, 0.15) is 25.7 Å². The zero-order valence-electron chi connectivity index (χ0n) is 9.30. The Labute approximate surface area is 98.2 Å². The van der Waals surface area contributed by atoms with Crippen molar-refractivity contribution in [1.82, 2.24) is 5.48 Å². The lowest BCUT2D eigenvalue weighted by Gasteiger charge is -2.41. The molecular weight excluding hydrogens is 226 g/mol. The first-order chi connectivity index (χ1) is 8.17. The van der Waals surface area contributed by atoms with Crippen LogP contribution in [0.2, 0.25) is 0 Å².